The van der Waals surface area contributed by atoms with Crippen LogP contribution in [0.4, 0.5) is 14.5 Å². The van der Waals surface area contributed by atoms with E-state index in [1.54, 1.807) is 6.07 Å². The Balaban J connectivity index is 1.89. The minimum atomic E-state index is -0.798. The fraction of sp³-hybridized carbons (Fsp3) is 0.571. The van der Waals surface area contributed by atoms with E-state index in [9.17, 15) is 8.78 Å². The van der Waals surface area contributed by atoms with Crippen molar-refractivity contribution in [3.63, 3.8) is 0 Å². The molecule has 19 heavy (non-hydrogen) atoms. The third kappa shape index (κ3) is 3.64. The molecule has 106 valence electrons. The highest BCUT2D eigenvalue weighted by molar-refractivity contribution is 5.45. The van der Waals surface area contributed by atoms with Crippen LogP contribution in [0.2, 0.25) is 0 Å². The number of likely N-dealkylation sites (N-methyl/N-ethyl adjacent to an activating group) is 1. The molecule has 2 rings (SSSR count). The molecule has 0 aromatic heterocycles. The zero-order valence-electron chi connectivity index (χ0n) is 11.5. The van der Waals surface area contributed by atoms with E-state index in [1.807, 2.05) is 11.9 Å². The Hall–Kier alpha value is -1.20. The Morgan fingerprint density at radius 1 is 1.37 bits per heavy atom. The number of nitrogens with one attached hydrogen (secondary N) is 1. The summed E-state index contributed by atoms with van der Waals surface area (Å²) < 4.78 is 26.1. The zero-order valence-corrected chi connectivity index (χ0v) is 11.5. The molecule has 1 aliphatic heterocycles. The molecule has 0 bridgehead atoms. The maximum atomic E-state index is 13.2. The monoisotopic (exact) mass is 269 g/mol. The third-order valence-electron chi connectivity index (χ3n) is 3.79. The van der Waals surface area contributed by atoms with Gasteiger partial charge in [-0.15, -0.1) is 0 Å². The van der Waals surface area contributed by atoms with E-state index in [-0.39, 0.29) is 0 Å². The predicted octanol–water partition coefficient (Wildman–Crippen LogP) is 1.69. The molecule has 1 N–H and O–H groups in total. The molecule has 0 radical (unpaired) electrons. The average molecular weight is 269 g/mol. The molecular weight excluding hydrogens is 248 g/mol. The quantitative estimate of drug-likeness (QED) is 0.897. The van der Waals surface area contributed by atoms with E-state index in [2.05, 4.69) is 17.3 Å². The molecular formula is C14H21F2N3. The first kappa shape index (κ1) is 14.2. The standard InChI is InChI=1S/C14H21F2N3/c1-18(11-3-4-13(15)14(16)9-11)7-5-12-10-17-6-8-19(12)2/h3-4,9,12,17H,5-8,10H2,1-2H3. The molecule has 1 fully saturated rings. The molecule has 0 amide bonds. The molecule has 0 spiro atoms. The molecule has 0 saturated carbocycles. The number of nitrogens with zero attached hydrogens (tertiary/aromatic N) is 2. The first-order chi connectivity index (χ1) is 9.08. The summed E-state index contributed by atoms with van der Waals surface area (Å²) in [6.07, 6.45) is 0.999. The Morgan fingerprint density at radius 2 is 2.16 bits per heavy atom. The summed E-state index contributed by atoms with van der Waals surface area (Å²) >= 11 is 0. The highest BCUT2D eigenvalue weighted by Gasteiger charge is 2.18. The summed E-state index contributed by atoms with van der Waals surface area (Å²) in [6.45, 7) is 3.90. The summed E-state index contributed by atoms with van der Waals surface area (Å²) in [5.74, 6) is -1.59. The number of rotatable bonds is 4. The summed E-state index contributed by atoms with van der Waals surface area (Å²) in [4.78, 5) is 4.31. The van der Waals surface area contributed by atoms with Crippen molar-refractivity contribution in [3.8, 4) is 0 Å². The number of halogens is 2. The second kappa shape index (κ2) is 6.30. The van der Waals surface area contributed by atoms with Crippen molar-refractivity contribution >= 4 is 5.69 Å². The molecule has 1 aromatic carbocycles. The van der Waals surface area contributed by atoms with Crippen molar-refractivity contribution in [2.24, 2.45) is 0 Å². The third-order valence-corrected chi connectivity index (χ3v) is 3.79. The van der Waals surface area contributed by atoms with Crippen LogP contribution in [0.1, 0.15) is 6.42 Å². The van der Waals surface area contributed by atoms with Crippen LogP contribution in [0.3, 0.4) is 0 Å². The lowest BCUT2D eigenvalue weighted by atomic mass is 10.1. The second-order valence-electron chi connectivity index (χ2n) is 5.15. The Bertz CT molecular complexity index is 425. The van der Waals surface area contributed by atoms with Gasteiger partial charge >= 0.3 is 0 Å². The molecule has 3 nitrogen and oxygen atoms in total. The van der Waals surface area contributed by atoms with E-state index in [4.69, 9.17) is 0 Å². The first-order valence-electron chi connectivity index (χ1n) is 6.65. The van der Waals surface area contributed by atoms with Gasteiger partial charge in [-0.3, -0.25) is 0 Å². The Kier molecular flexibility index (Phi) is 4.71. The van der Waals surface area contributed by atoms with Gasteiger partial charge in [0.05, 0.1) is 0 Å². The fourth-order valence-corrected chi connectivity index (χ4v) is 2.38. The number of hydrogen-bond acceptors (Lipinski definition) is 3. The van der Waals surface area contributed by atoms with E-state index in [0.717, 1.165) is 32.6 Å². The van der Waals surface area contributed by atoms with Gasteiger partial charge in [-0.05, 0) is 25.6 Å². The average Bonchev–Trinajstić information content (AvgIpc) is 2.40. The number of hydrogen-bond donors (Lipinski definition) is 1. The molecule has 1 atom stereocenters. The SMILES string of the molecule is CN(CCC1CNCCN1C)c1ccc(F)c(F)c1. The molecule has 0 aliphatic carbocycles. The molecule has 1 saturated heterocycles. The van der Waals surface area contributed by atoms with E-state index < -0.39 is 11.6 Å². The van der Waals surface area contributed by atoms with E-state index in [1.165, 1.54) is 12.1 Å². The van der Waals surface area contributed by atoms with Crippen LogP contribution in [0.25, 0.3) is 0 Å². The smallest absolute Gasteiger partial charge is 0.160 e. The number of anilines is 1. The highest BCUT2D eigenvalue weighted by atomic mass is 19.2. The Morgan fingerprint density at radius 3 is 2.84 bits per heavy atom. The van der Waals surface area contributed by atoms with Gasteiger partial charge in [0.2, 0.25) is 0 Å². The molecule has 1 aliphatic rings. The largest absolute Gasteiger partial charge is 0.374 e. The van der Waals surface area contributed by atoms with Gasteiger partial charge in [0.1, 0.15) is 0 Å². The maximum absolute atomic E-state index is 13.2. The lowest BCUT2D eigenvalue weighted by Crippen LogP contribution is -2.50. The van der Waals surface area contributed by atoms with E-state index >= 15 is 0 Å². The maximum Gasteiger partial charge on any atom is 0.160 e. The molecule has 1 aromatic rings. The number of piperazine rings is 1. The lowest BCUT2D eigenvalue weighted by Gasteiger charge is -2.34. The molecule has 1 unspecified atom stereocenters. The van der Waals surface area contributed by atoms with Crippen molar-refractivity contribution < 1.29 is 8.78 Å². The lowest BCUT2D eigenvalue weighted by molar-refractivity contribution is 0.192. The second-order valence-corrected chi connectivity index (χ2v) is 5.15. The van der Waals surface area contributed by atoms with Crippen molar-refractivity contribution in [3.05, 3.63) is 29.8 Å². The van der Waals surface area contributed by atoms with Gasteiger partial charge in [-0.1, -0.05) is 0 Å². The van der Waals surface area contributed by atoms with Crippen molar-refractivity contribution in [2.75, 3.05) is 45.2 Å². The van der Waals surface area contributed by atoms with Gasteiger partial charge in [-0.2, -0.15) is 0 Å². The molecule has 5 heteroatoms. The van der Waals surface area contributed by atoms with Crippen molar-refractivity contribution in [2.45, 2.75) is 12.5 Å². The minimum absolute atomic E-state index is 0.501. The molecule has 1 heterocycles. The predicted molar refractivity (Wildman–Crippen MR) is 73.5 cm³/mol. The van der Waals surface area contributed by atoms with Gasteiger partial charge in [0.15, 0.2) is 11.6 Å². The van der Waals surface area contributed by atoms with Crippen LogP contribution in [-0.4, -0.2) is 51.2 Å². The van der Waals surface area contributed by atoms with Crippen LogP contribution in [-0.2, 0) is 0 Å². The summed E-state index contributed by atoms with van der Waals surface area (Å²) in [6, 6.07) is 4.54. The summed E-state index contributed by atoms with van der Waals surface area (Å²) in [5, 5.41) is 3.38. The van der Waals surface area contributed by atoms with Gasteiger partial charge in [0.25, 0.3) is 0 Å². The highest BCUT2D eigenvalue weighted by Crippen LogP contribution is 2.17. The van der Waals surface area contributed by atoms with Crippen LogP contribution < -0.4 is 10.2 Å². The first-order valence-corrected chi connectivity index (χ1v) is 6.65. The fourth-order valence-electron chi connectivity index (χ4n) is 2.38. The summed E-state index contributed by atoms with van der Waals surface area (Å²) in [5.41, 5.74) is 0.713. The topological polar surface area (TPSA) is 18.5 Å². The van der Waals surface area contributed by atoms with Crippen molar-refractivity contribution in [1.82, 2.24) is 10.2 Å². The normalized spacial score (nSPS) is 20.5. The van der Waals surface area contributed by atoms with Gasteiger partial charge < -0.3 is 15.1 Å². The van der Waals surface area contributed by atoms with Crippen LogP contribution in [0.15, 0.2) is 18.2 Å². The van der Waals surface area contributed by atoms with Gasteiger partial charge in [0, 0.05) is 51.0 Å². The van der Waals surface area contributed by atoms with E-state index in [0.29, 0.717) is 11.7 Å². The van der Waals surface area contributed by atoms with Crippen LogP contribution >= 0.6 is 0 Å². The minimum Gasteiger partial charge on any atom is -0.374 e. The van der Waals surface area contributed by atoms with Crippen LogP contribution in [0.5, 0.6) is 0 Å². The van der Waals surface area contributed by atoms with Crippen LogP contribution in [0, 0.1) is 11.6 Å². The summed E-state index contributed by atoms with van der Waals surface area (Å²) in [7, 11) is 4.03. The van der Waals surface area contributed by atoms with Gasteiger partial charge in [-0.25, -0.2) is 8.78 Å². The van der Waals surface area contributed by atoms with Crippen molar-refractivity contribution in [1.29, 1.82) is 0 Å². The zero-order chi connectivity index (χ0) is 13.8. The Labute approximate surface area is 113 Å². The number of benzene rings is 1.